The monoisotopic (exact) mass is 315 g/mol. The van der Waals surface area contributed by atoms with Crippen molar-refractivity contribution in [2.24, 2.45) is 5.92 Å². The number of carbonyl (C=O) groups excluding carboxylic acids is 1. The van der Waals surface area contributed by atoms with E-state index in [0.717, 1.165) is 4.47 Å². The Morgan fingerprint density at radius 3 is 2.72 bits per heavy atom. The van der Waals surface area contributed by atoms with Crippen LogP contribution >= 0.6 is 15.9 Å². The molecule has 1 aromatic carbocycles. The van der Waals surface area contributed by atoms with Crippen LogP contribution in [0.4, 0.5) is 0 Å². The van der Waals surface area contributed by atoms with Crippen molar-refractivity contribution in [1.82, 2.24) is 5.32 Å². The number of halogens is 1. The van der Waals surface area contributed by atoms with Gasteiger partial charge in [-0.3, -0.25) is 4.79 Å². The van der Waals surface area contributed by atoms with E-state index in [9.17, 15) is 15.0 Å². The number of aromatic hydroxyl groups is 1. The highest BCUT2D eigenvalue weighted by Gasteiger charge is 2.13. The molecule has 0 saturated carbocycles. The largest absolute Gasteiger partial charge is 0.507 e. The second kappa shape index (κ2) is 6.75. The fourth-order valence-electron chi connectivity index (χ4n) is 1.72. The molecule has 0 aliphatic heterocycles. The van der Waals surface area contributed by atoms with E-state index in [-0.39, 0.29) is 29.2 Å². The lowest BCUT2D eigenvalue weighted by Crippen LogP contribution is -2.29. The van der Waals surface area contributed by atoms with Gasteiger partial charge in [0.05, 0.1) is 11.7 Å². The minimum absolute atomic E-state index is 0.0427. The molecule has 5 heteroatoms. The summed E-state index contributed by atoms with van der Waals surface area (Å²) in [6.45, 7) is 4.14. The number of hydrogen-bond acceptors (Lipinski definition) is 3. The topological polar surface area (TPSA) is 69.6 Å². The molecular weight excluding hydrogens is 298 g/mol. The van der Waals surface area contributed by atoms with Crippen LogP contribution in [0.25, 0.3) is 0 Å². The Hall–Kier alpha value is -1.07. The van der Waals surface area contributed by atoms with E-state index in [1.54, 1.807) is 19.1 Å². The van der Waals surface area contributed by atoms with Crippen molar-refractivity contribution in [2.75, 3.05) is 6.54 Å². The van der Waals surface area contributed by atoms with Gasteiger partial charge in [0, 0.05) is 11.0 Å². The second-order valence-corrected chi connectivity index (χ2v) is 5.48. The van der Waals surface area contributed by atoms with Crippen LogP contribution in [0, 0.1) is 5.92 Å². The van der Waals surface area contributed by atoms with Gasteiger partial charge in [-0.25, -0.2) is 0 Å². The Morgan fingerprint density at radius 1 is 1.44 bits per heavy atom. The first-order valence-electron chi connectivity index (χ1n) is 5.85. The summed E-state index contributed by atoms with van der Waals surface area (Å²) >= 11 is 3.25. The van der Waals surface area contributed by atoms with Crippen LogP contribution in [-0.4, -0.2) is 28.8 Å². The van der Waals surface area contributed by atoms with Crippen LogP contribution in [0.1, 0.15) is 30.6 Å². The predicted octanol–water partition coefficient (Wildman–Crippen LogP) is 2.29. The fourth-order valence-corrected chi connectivity index (χ4v) is 2.08. The van der Waals surface area contributed by atoms with E-state index in [1.807, 2.05) is 6.92 Å². The van der Waals surface area contributed by atoms with Crippen LogP contribution in [0.2, 0.25) is 0 Å². The maximum absolute atomic E-state index is 11.9. The van der Waals surface area contributed by atoms with Crippen molar-refractivity contribution < 1.29 is 15.0 Å². The zero-order valence-corrected chi connectivity index (χ0v) is 12.1. The fraction of sp³-hybridized carbons (Fsp3) is 0.462. The molecule has 2 atom stereocenters. The molecule has 3 N–H and O–H groups in total. The number of amides is 1. The molecule has 0 radical (unpaired) electrons. The smallest absolute Gasteiger partial charge is 0.255 e. The molecule has 100 valence electrons. The van der Waals surface area contributed by atoms with Gasteiger partial charge in [-0.1, -0.05) is 22.9 Å². The van der Waals surface area contributed by atoms with Gasteiger partial charge in [0.15, 0.2) is 0 Å². The summed E-state index contributed by atoms with van der Waals surface area (Å²) < 4.78 is 0.738. The lowest BCUT2D eigenvalue weighted by molar-refractivity contribution is 0.0936. The summed E-state index contributed by atoms with van der Waals surface area (Å²) in [6, 6.07) is 4.71. The first kappa shape index (κ1) is 15.0. The third-order valence-corrected chi connectivity index (χ3v) is 3.05. The molecule has 0 aromatic heterocycles. The normalized spacial score (nSPS) is 14.0. The number of aliphatic hydroxyl groups excluding tert-OH is 1. The second-order valence-electron chi connectivity index (χ2n) is 4.56. The SMILES string of the molecule is CC(O)CC(C)CNC(=O)c1cc(Br)ccc1O. The number of phenolic OH excluding ortho intramolecular Hbond substituents is 1. The van der Waals surface area contributed by atoms with Crippen LogP contribution in [0.3, 0.4) is 0 Å². The van der Waals surface area contributed by atoms with Crippen molar-refractivity contribution in [2.45, 2.75) is 26.4 Å². The quantitative estimate of drug-likeness (QED) is 0.781. The number of nitrogens with one attached hydrogen (secondary N) is 1. The Bertz CT molecular complexity index is 421. The number of carbonyl (C=O) groups is 1. The predicted molar refractivity (Wildman–Crippen MR) is 73.6 cm³/mol. The van der Waals surface area contributed by atoms with Gasteiger partial charge >= 0.3 is 0 Å². The lowest BCUT2D eigenvalue weighted by Gasteiger charge is -2.14. The molecule has 0 fully saturated rings. The van der Waals surface area contributed by atoms with E-state index in [2.05, 4.69) is 21.2 Å². The van der Waals surface area contributed by atoms with E-state index in [4.69, 9.17) is 0 Å². The first-order valence-corrected chi connectivity index (χ1v) is 6.64. The summed E-state index contributed by atoms with van der Waals surface area (Å²) in [6.07, 6.45) is 0.251. The molecule has 1 aromatic rings. The molecule has 0 aliphatic rings. The van der Waals surface area contributed by atoms with E-state index >= 15 is 0 Å². The summed E-state index contributed by atoms with van der Waals surface area (Å²) in [5, 5.41) is 21.6. The van der Waals surface area contributed by atoms with Gasteiger partial charge in [0.1, 0.15) is 5.75 Å². The van der Waals surface area contributed by atoms with Crippen LogP contribution in [0.5, 0.6) is 5.75 Å². The third kappa shape index (κ3) is 4.66. The van der Waals surface area contributed by atoms with Crippen molar-refractivity contribution in [3.63, 3.8) is 0 Å². The van der Waals surface area contributed by atoms with Crippen molar-refractivity contribution in [3.8, 4) is 5.75 Å². The minimum Gasteiger partial charge on any atom is -0.507 e. The summed E-state index contributed by atoms with van der Waals surface area (Å²) in [5.74, 6) is -0.173. The Kier molecular flexibility index (Phi) is 5.62. The average Bonchev–Trinajstić information content (AvgIpc) is 2.28. The molecular formula is C13H18BrNO3. The van der Waals surface area contributed by atoms with Crippen LogP contribution < -0.4 is 5.32 Å². The highest BCUT2D eigenvalue weighted by Crippen LogP contribution is 2.21. The van der Waals surface area contributed by atoms with Crippen molar-refractivity contribution in [1.29, 1.82) is 0 Å². The number of aliphatic hydroxyl groups is 1. The van der Waals surface area contributed by atoms with Gasteiger partial charge in [-0.2, -0.15) is 0 Å². The minimum atomic E-state index is -0.379. The van der Waals surface area contributed by atoms with Crippen LogP contribution in [-0.2, 0) is 0 Å². The highest BCUT2D eigenvalue weighted by atomic mass is 79.9. The van der Waals surface area contributed by atoms with E-state index in [1.165, 1.54) is 6.07 Å². The van der Waals surface area contributed by atoms with Crippen molar-refractivity contribution >= 4 is 21.8 Å². The zero-order valence-electron chi connectivity index (χ0n) is 10.5. The molecule has 0 bridgehead atoms. The van der Waals surface area contributed by atoms with E-state index in [0.29, 0.717) is 13.0 Å². The highest BCUT2D eigenvalue weighted by molar-refractivity contribution is 9.10. The molecule has 1 amide bonds. The molecule has 0 heterocycles. The maximum Gasteiger partial charge on any atom is 0.255 e. The van der Waals surface area contributed by atoms with Gasteiger partial charge in [0.2, 0.25) is 0 Å². The molecule has 0 spiro atoms. The number of phenols is 1. The lowest BCUT2D eigenvalue weighted by atomic mass is 10.0. The summed E-state index contributed by atoms with van der Waals surface area (Å²) in [7, 11) is 0. The Balaban J connectivity index is 2.58. The Labute approximate surface area is 115 Å². The molecule has 2 unspecified atom stereocenters. The molecule has 0 saturated heterocycles. The molecule has 18 heavy (non-hydrogen) atoms. The zero-order chi connectivity index (χ0) is 13.7. The third-order valence-electron chi connectivity index (χ3n) is 2.56. The van der Waals surface area contributed by atoms with Crippen LogP contribution in [0.15, 0.2) is 22.7 Å². The summed E-state index contributed by atoms with van der Waals surface area (Å²) in [4.78, 5) is 11.9. The molecule has 1 rings (SSSR count). The molecule has 4 nitrogen and oxygen atoms in total. The number of hydrogen-bond donors (Lipinski definition) is 3. The van der Waals surface area contributed by atoms with Gasteiger partial charge in [0.25, 0.3) is 5.91 Å². The standard InChI is InChI=1S/C13H18BrNO3/c1-8(5-9(2)16)7-15-13(18)11-6-10(14)3-4-12(11)17/h3-4,6,8-9,16-17H,5,7H2,1-2H3,(H,15,18). The maximum atomic E-state index is 11.9. The summed E-state index contributed by atoms with van der Waals surface area (Å²) in [5.41, 5.74) is 0.244. The van der Waals surface area contributed by atoms with Crippen molar-refractivity contribution in [3.05, 3.63) is 28.2 Å². The average molecular weight is 316 g/mol. The van der Waals surface area contributed by atoms with Gasteiger partial charge < -0.3 is 15.5 Å². The van der Waals surface area contributed by atoms with Gasteiger partial charge in [-0.05, 0) is 37.5 Å². The number of benzene rings is 1. The molecule has 0 aliphatic carbocycles. The van der Waals surface area contributed by atoms with E-state index < -0.39 is 0 Å². The number of rotatable bonds is 5. The Morgan fingerprint density at radius 2 is 2.11 bits per heavy atom. The van der Waals surface area contributed by atoms with Gasteiger partial charge in [-0.15, -0.1) is 0 Å². The first-order chi connectivity index (χ1) is 8.40.